The molecule has 78 valence electrons. The zero-order chi connectivity index (χ0) is 11.0. The van der Waals surface area contributed by atoms with Crippen LogP contribution in [0.5, 0.6) is 0 Å². The van der Waals surface area contributed by atoms with Crippen LogP contribution in [0.1, 0.15) is 15.4 Å². The van der Waals surface area contributed by atoms with Crippen LogP contribution in [0.3, 0.4) is 0 Å². The Balaban J connectivity index is 2.36. The maximum absolute atomic E-state index is 11.8. The molecule has 15 heavy (non-hydrogen) atoms. The lowest BCUT2D eigenvalue weighted by atomic mass is 10.2. The van der Waals surface area contributed by atoms with Gasteiger partial charge in [0.25, 0.3) is 0 Å². The van der Waals surface area contributed by atoms with Gasteiger partial charge in [0, 0.05) is 4.47 Å². The van der Waals surface area contributed by atoms with Gasteiger partial charge in [0.05, 0.1) is 8.66 Å². The van der Waals surface area contributed by atoms with Crippen LogP contribution in [0.25, 0.3) is 0 Å². The zero-order valence-corrected chi connectivity index (χ0v) is 11.8. The molecular formula is C9H3Br2ClO2S. The molecular weight excluding hydrogens is 367 g/mol. The second-order valence-electron chi connectivity index (χ2n) is 2.67. The fraction of sp³-hybridized carbons (Fsp3) is 0. The molecule has 0 amide bonds. The molecule has 0 unspecified atom stereocenters. The fourth-order valence-electron chi connectivity index (χ4n) is 1.02. The molecule has 0 aliphatic carbocycles. The molecule has 0 aliphatic rings. The molecule has 2 aromatic heterocycles. The summed E-state index contributed by atoms with van der Waals surface area (Å²) in [5, 5.41) is 0.216. The summed E-state index contributed by atoms with van der Waals surface area (Å²) < 4.78 is 6.77. The third-order valence-corrected chi connectivity index (χ3v) is 5.12. The molecule has 6 heteroatoms. The van der Waals surface area contributed by atoms with Crippen LogP contribution < -0.4 is 0 Å². The van der Waals surface area contributed by atoms with Gasteiger partial charge < -0.3 is 4.42 Å². The summed E-state index contributed by atoms with van der Waals surface area (Å²) in [7, 11) is 0. The first kappa shape index (κ1) is 11.4. The third kappa shape index (κ3) is 2.36. The summed E-state index contributed by atoms with van der Waals surface area (Å²) >= 11 is 13.6. The van der Waals surface area contributed by atoms with E-state index in [1.807, 2.05) is 0 Å². The molecule has 0 radical (unpaired) electrons. The molecule has 0 aromatic carbocycles. The Morgan fingerprint density at radius 1 is 1.40 bits per heavy atom. The van der Waals surface area contributed by atoms with Crippen LogP contribution in [0.15, 0.2) is 30.9 Å². The molecule has 2 aromatic rings. The lowest BCUT2D eigenvalue weighted by molar-refractivity contribution is 0.101. The van der Waals surface area contributed by atoms with Crippen molar-refractivity contribution in [1.29, 1.82) is 0 Å². The average Bonchev–Trinajstić information content (AvgIpc) is 2.74. The van der Waals surface area contributed by atoms with Gasteiger partial charge in [-0.15, -0.1) is 11.3 Å². The zero-order valence-electron chi connectivity index (χ0n) is 7.09. The molecule has 2 heterocycles. The van der Waals surface area contributed by atoms with Crippen molar-refractivity contribution in [2.45, 2.75) is 0 Å². The second kappa shape index (κ2) is 4.41. The van der Waals surface area contributed by atoms with E-state index in [1.54, 1.807) is 18.2 Å². The van der Waals surface area contributed by atoms with Gasteiger partial charge in [0.15, 0.2) is 11.0 Å². The highest BCUT2D eigenvalue weighted by atomic mass is 79.9. The van der Waals surface area contributed by atoms with Crippen molar-refractivity contribution in [1.82, 2.24) is 0 Å². The van der Waals surface area contributed by atoms with E-state index in [0.717, 1.165) is 8.26 Å². The highest BCUT2D eigenvalue weighted by molar-refractivity contribution is 9.13. The number of thiophene rings is 1. The lowest BCUT2D eigenvalue weighted by Gasteiger charge is -1.90. The van der Waals surface area contributed by atoms with E-state index in [0.29, 0.717) is 4.88 Å². The first-order valence-corrected chi connectivity index (χ1v) is 6.61. The van der Waals surface area contributed by atoms with Gasteiger partial charge in [-0.2, -0.15) is 0 Å². The largest absolute Gasteiger partial charge is 0.441 e. The van der Waals surface area contributed by atoms with Crippen molar-refractivity contribution < 1.29 is 9.21 Å². The Kier molecular flexibility index (Phi) is 3.35. The first-order valence-electron chi connectivity index (χ1n) is 3.83. The predicted molar refractivity (Wildman–Crippen MR) is 66.9 cm³/mol. The monoisotopic (exact) mass is 368 g/mol. The van der Waals surface area contributed by atoms with Crippen molar-refractivity contribution in [3.8, 4) is 0 Å². The number of carbonyl (C=O) groups is 1. The summed E-state index contributed by atoms with van der Waals surface area (Å²) in [5.41, 5.74) is 0. The third-order valence-electron chi connectivity index (χ3n) is 1.67. The average molecular weight is 370 g/mol. The summed E-state index contributed by atoms with van der Waals surface area (Å²) in [4.78, 5) is 12.4. The van der Waals surface area contributed by atoms with Crippen LogP contribution >= 0.6 is 54.8 Å². The number of ketones is 1. The van der Waals surface area contributed by atoms with Crippen molar-refractivity contribution in [3.05, 3.63) is 42.3 Å². The van der Waals surface area contributed by atoms with Gasteiger partial charge in [-0.1, -0.05) is 0 Å². The summed E-state index contributed by atoms with van der Waals surface area (Å²) in [6.07, 6.45) is 0. The van der Waals surface area contributed by atoms with E-state index in [9.17, 15) is 4.79 Å². The number of halogens is 3. The quantitative estimate of drug-likeness (QED) is 0.714. The van der Waals surface area contributed by atoms with Gasteiger partial charge in [-0.05, 0) is 61.7 Å². The maximum atomic E-state index is 11.8. The van der Waals surface area contributed by atoms with E-state index >= 15 is 0 Å². The normalized spacial score (nSPS) is 10.6. The SMILES string of the molecule is O=C(c1ccc(Cl)o1)c1cc(Br)c(Br)s1. The van der Waals surface area contributed by atoms with E-state index in [4.69, 9.17) is 16.0 Å². The molecule has 0 saturated heterocycles. The molecule has 0 aliphatic heterocycles. The minimum Gasteiger partial charge on any atom is -0.441 e. The van der Waals surface area contributed by atoms with Crippen molar-refractivity contribution in [2.75, 3.05) is 0 Å². The fourth-order valence-corrected chi connectivity index (χ4v) is 3.14. The van der Waals surface area contributed by atoms with Crippen LogP contribution in [-0.4, -0.2) is 5.78 Å². The molecule has 0 atom stereocenters. The summed E-state index contributed by atoms with van der Waals surface area (Å²) in [5.74, 6) is 0.0829. The molecule has 0 saturated carbocycles. The number of hydrogen-bond acceptors (Lipinski definition) is 3. The first-order chi connectivity index (χ1) is 7.08. The van der Waals surface area contributed by atoms with Crippen LogP contribution in [0.4, 0.5) is 0 Å². The summed E-state index contributed by atoms with van der Waals surface area (Å²) in [6, 6.07) is 4.85. The van der Waals surface area contributed by atoms with Crippen molar-refractivity contribution >= 4 is 60.6 Å². The minimum atomic E-state index is -0.168. The van der Waals surface area contributed by atoms with Gasteiger partial charge in [0.2, 0.25) is 5.78 Å². The standard InChI is InChI=1S/C9H3Br2ClO2S/c10-4-3-6(15-9(4)11)8(13)5-1-2-7(12)14-5/h1-3H. The van der Waals surface area contributed by atoms with Gasteiger partial charge >= 0.3 is 0 Å². The summed E-state index contributed by atoms with van der Waals surface area (Å²) in [6.45, 7) is 0. The van der Waals surface area contributed by atoms with Gasteiger partial charge in [0.1, 0.15) is 0 Å². The van der Waals surface area contributed by atoms with E-state index in [-0.39, 0.29) is 16.8 Å². The molecule has 0 bridgehead atoms. The highest BCUT2D eigenvalue weighted by Crippen LogP contribution is 2.33. The Morgan fingerprint density at radius 3 is 2.60 bits per heavy atom. The van der Waals surface area contributed by atoms with E-state index < -0.39 is 0 Å². The van der Waals surface area contributed by atoms with Gasteiger partial charge in [-0.25, -0.2) is 0 Å². The Morgan fingerprint density at radius 2 is 2.13 bits per heavy atom. The molecule has 0 spiro atoms. The van der Waals surface area contributed by atoms with Crippen molar-refractivity contribution in [3.63, 3.8) is 0 Å². The van der Waals surface area contributed by atoms with Gasteiger partial charge in [-0.3, -0.25) is 4.79 Å². The van der Waals surface area contributed by atoms with E-state index in [1.165, 1.54) is 11.3 Å². The molecule has 0 N–H and O–H groups in total. The topological polar surface area (TPSA) is 30.2 Å². The number of carbonyl (C=O) groups excluding carboxylic acids is 1. The lowest BCUT2D eigenvalue weighted by Crippen LogP contribution is -1.95. The van der Waals surface area contributed by atoms with Crippen molar-refractivity contribution in [2.24, 2.45) is 0 Å². The van der Waals surface area contributed by atoms with Crippen LogP contribution in [0.2, 0.25) is 5.22 Å². The molecule has 2 nitrogen and oxygen atoms in total. The Labute approximate surface area is 111 Å². The highest BCUT2D eigenvalue weighted by Gasteiger charge is 2.17. The predicted octanol–water partition coefficient (Wildman–Crippen LogP) is 4.75. The van der Waals surface area contributed by atoms with E-state index in [2.05, 4.69) is 31.9 Å². The van der Waals surface area contributed by atoms with Crippen LogP contribution in [0, 0.1) is 0 Å². The Hall–Kier alpha value is -0.1000. The number of furan rings is 1. The second-order valence-corrected chi connectivity index (χ2v) is 6.26. The molecule has 0 fully saturated rings. The smallest absolute Gasteiger partial charge is 0.238 e. The van der Waals surface area contributed by atoms with Crippen LogP contribution in [-0.2, 0) is 0 Å². The Bertz CT molecular complexity index is 498. The maximum Gasteiger partial charge on any atom is 0.238 e. The minimum absolute atomic E-state index is 0.168. The molecule has 2 rings (SSSR count). The number of hydrogen-bond donors (Lipinski definition) is 0. The number of rotatable bonds is 2.